The lowest BCUT2D eigenvalue weighted by Crippen LogP contribution is -2.45. The minimum atomic E-state index is -0.949. The van der Waals surface area contributed by atoms with Crippen LogP contribution in [0.1, 0.15) is 55.3 Å². The topological polar surface area (TPSA) is 89.0 Å². The van der Waals surface area contributed by atoms with E-state index in [1.54, 1.807) is 29.2 Å². The molecule has 0 saturated carbocycles. The number of carbonyl (C=O) groups is 2. The first-order chi connectivity index (χ1) is 17.5. The minimum absolute atomic E-state index is 0.0457. The molecule has 0 spiro atoms. The number of methoxy groups -OCH3 is 1. The summed E-state index contributed by atoms with van der Waals surface area (Å²) in [6.45, 7) is 7.40. The van der Waals surface area contributed by atoms with Gasteiger partial charge in [-0.15, -0.1) is 0 Å². The van der Waals surface area contributed by atoms with E-state index < -0.39 is 17.8 Å². The molecule has 0 bridgehead atoms. The quantitative estimate of drug-likeness (QED) is 0.283. The number of hydrogen-bond acceptors (Lipinski definition) is 6. The molecule has 2 aromatic carbocycles. The zero-order valence-electron chi connectivity index (χ0n) is 21.8. The molecule has 7 nitrogen and oxygen atoms in total. The van der Waals surface area contributed by atoms with E-state index in [1.807, 2.05) is 64.1 Å². The van der Waals surface area contributed by atoms with Crippen LogP contribution < -0.4 is 0 Å². The molecule has 8 heteroatoms. The summed E-state index contributed by atoms with van der Waals surface area (Å²) in [7, 11) is 1.36. The van der Waals surface area contributed by atoms with Gasteiger partial charge in [0.15, 0.2) is 0 Å². The summed E-state index contributed by atoms with van der Waals surface area (Å²) < 4.78 is 10.4. The second kappa shape index (κ2) is 12.2. The molecule has 196 valence electrons. The van der Waals surface area contributed by atoms with Crippen molar-refractivity contribution in [1.29, 1.82) is 0 Å². The summed E-state index contributed by atoms with van der Waals surface area (Å²) in [6.07, 6.45) is 0.617. The largest absolute Gasteiger partial charge is 0.465 e. The number of pyridine rings is 1. The van der Waals surface area contributed by atoms with Crippen molar-refractivity contribution < 1.29 is 24.2 Å². The average molecular weight is 525 g/mol. The van der Waals surface area contributed by atoms with E-state index in [1.165, 1.54) is 13.3 Å². The maximum Gasteiger partial charge on any atom is 0.410 e. The zero-order chi connectivity index (χ0) is 27.2. The molecule has 3 aromatic rings. The number of rotatable bonds is 8. The Hall–Kier alpha value is -3.42. The Morgan fingerprint density at radius 2 is 1.59 bits per heavy atom. The van der Waals surface area contributed by atoms with E-state index in [2.05, 4.69) is 4.98 Å². The van der Waals surface area contributed by atoms with Crippen molar-refractivity contribution in [2.45, 2.75) is 51.9 Å². The van der Waals surface area contributed by atoms with Gasteiger partial charge < -0.3 is 19.5 Å². The number of benzene rings is 2. The third-order valence-corrected chi connectivity index (χ3v) is 6.01. The predicted octanol–water partition coefficient (Wildman–Crippen LogP) is 6.09. The minimum Gasteiger partial charge on any atom is -0.465 e. The number of aliphatic hydroxyl groups excluding tert-OH is 1. The molecule has 0 saturated heterocycles. The highest BCUT2D eigenvalue weighted by molar-refractivity contribution is 6.29. The smallest absolute Gasteiger partial charge is 0.410 e. The number of esters is 1. The molecule has 1 amide bonds. The lowest BCUT2D eigenvalue weighted by atomic mass is 9.99. The molecule has 2 atom stereocenters. The van der Waals surface area contributed by atoms with Gasteiger partial charge in [-0.05, 0) is 69.0 Å². The molecule has 0 aliphatic carbocycles. The molecule has 1 heterocycles. The van der Waals surface area contributed by atoms with Gasteiger partial charge in [-0.1, -0.05) is 54.1 Å². The van der Waals surface area contributed by atoms with Crippen molar-refractivity contribution in [2.24, 2.45) is 0 Å². The summed E-state index contributed by atoms with van der Waals surface area (Å²) in [5.41, 5.74) is 3.39. The van der Waals surface area contributed by atoms with Gasteiger partial charge in [0, 0.05) is 17.8 Å². The first-order valence-corrected chi connectivity index (χ1v) is 12.4. The molecule has 0 aliphatic heterocycles. The maximum absolute atomic E-state index is 13.1. The number of aliphatic hydroxyl groups is 1. The van der Waals surface area contributed by atoms with Gasteiger partial charge >= 0.3 is 12.1 Å². The van der Waals surface area contributed by atoms with Crippen LogP contribution in [0.15, 0.2) is 66.9 Å². The van der Waals surface area contributed by atoms with E-state index >= 15 is 0 Å². The highest BCUT2D eigenvalue weighted by Crippen LogP contribution is 2.24. The molecule has 1 aromatic heterocycles. The zero-order valence-corrected chi connectivity index (χ0v) is 22.5. The monoisotopic (exact) mass is 524 g/mol. The molecule has 0 fully saturated rings. The van der Waals surface area contributed by atoms with E-state index in [4.69, 9.17) is 21.1 Å². The van der Waals surface area contributed by atoms with Crippen LogP contribution in [0.5, 0.6) is 0 Å². The number of carbonyl (C=O) groups excluding carboxylic acids is 2. The summed E-state index contributed by atoms with van der Waals surface area (Å²) >= 11 is 5.87. The van der Waals surface area contributed by atoms with Crippen molar-refractivity contribution in [3.05, 3.63) is 88.7 Å². The lowest BCUT2D eigenvalue weighted by molar-refractivity contribution is 0.00543. The second-order valence-corrected chi connectivity index (χ2v) is 10.3. The number of hydrogen-bond donors (Lipinski definition) is 1. The van der Waals surface area contributed by atoms with Crippen molar-refractivity contribution in [3.8, 4) is 11.1 Å². The predicted molar refractivity (Wildman–Crippen MR) is 144 cm³/mol. The number of halogens is 1. The van der Waals surface area contributed by atoms with Gasteiger partial charge in [0.05, 0.1) is 25.3 Å². The Labute approximate surface area is 223 Å². The highest BCUT2D eigenvalue weighted by atomic mass is 35.5. The fourth-order valence-corrected chi connectivity index (χ4v) is 3.94. The molecular weight excluding hydrogens is 492 g/mol. The third kappa shape index (κ3) is 8.03. The number of amides is 1. The first-order valence-electron chi connectivity index (χ1n) is 12.0. The van der Waals surface area contributed by atoms with Crippen LogP contribution in [0, 0.1) is 0 Å². The average Bonchev–Trinajstić information content (AvgIpc) is 2.86. The molecule has 0 radical (unpaired) electrons. The molecule has 3 rings (SSSR count). The van der Waals surface area contributed by atoms with Crippen LogP contribution >= 0.6 is 11.6 Å². The lowest BCUT2D eigenvalue weighted by Gasteiger charge is -2.33. The van der Waals surface area contributed by atoms with Crippen LogP contribution in [0.25, 0.3) is 11.1 Å². The van der Waals surface area contributed by atoms with E-state index in [-0.39, 0.29) is 18.6 Å². The van der Waals surface area contributed by atoms with Crippen LogP contribution in [-0.4, -0.2) is 52.4 Å². The van der Waals surface area contributed by atoms with Crippen LogP contribution in [-0.2, 0) is 15.9 Å². The van der Waals surface area contributed by atoms with Crippen molar-refractivity contribution in [3.63, 3.8) is 0 Å². The van der Waals surface area contributed by atoms with Gasteiger partial charge in [0.2, 0.25) is 0 Å². The number of aromatic nitrogens is 1. The Morgan fingerprint density at radius 1 is 1.00 bits per heavy atom. The number of nitrogens with zero attached hydrogens (tertiary/aromatic N) is 2. The van der Waals surface area contributed by atoms with Crippen molar-refractivity contribution in [2.75, 3.05) is 13.7 Å². The number of ether oxygens (including phenoxy) is 2. The second-order valence-electron chi connectivity index (χ2n) is 9.88. The van der Waals surface area contributed by atoms with Crippen molar-refractivity contribution in [1.82, 2.24) is 9.88 Å². The van der Waals surface area contributed by atoms with Crippen LogP contribution in [0.4, 0.5) is 4.79 Å². The molecule has 37 heavy (non-hydrogen) atoms. The summed E-state index contributed by atoms with van der Waals surface area (Å²) in [4.78, 5) is 30.3. The SMILES string of the molecule is COC(=O)c1ccc(-c2ccc(C[C@@H](C)N(C[C@H](O)c3ccc(Cl)nc3)C(=O)OC(C)(C)C)cc2)cc1. The van der Waals surface area contributed by atoms with Crippen molar-refractivity contribution >= 4 is 23.7 Å². The summed E-state index contributed by atoms with van der Waals surface area (Å²) in [6, 6.07) is 18.3. The standard InChI is InChI=1S/C29H33ClN2O5/c1-19(16-20-6-8-21(9-7-20)22-10-12-23(13-11-22)27(34)36-5)32(28(35)37-29(2,3)4)18-25(33)24-14-15-26(30)31-17-24/h6-15,17,19,25,33H,16,18H2,1-5H3/t19-,25+/m1/s1. The Kier molecular flexibility index (Phi) is 9.29. The van der Waals surface area contributed by atoms with Gasteiger partial charge in [0.1, 0.15) is 10.8 Å². The van der Waals surface area contributed by atoms with E-state index in [0.717, 1.165) is 16.7 Å². The summed E-state index contributed by atoms with van der Waals surface area (Å²) in [5, 5.41) is 11.1. The van der Waals surface area contributed by atoms with Gasteiger partial charge in [0.25, 0.3) is 0 Å². The van der Waals surface area contributed by atoms with Gasteiger partial charge in [-0.3, -0.25) is 0 Å². The fraction of sp³-hybridized carbons (Fsp3) is 0.345. The van der Waals surface area contributed by atoms with E-state index in [9.17, 15) is 14.7 Å². The normalized spacial score (nSPS) is 12.9. The van der Waals surface area contributed by atoms with E-state index in [0.29, 0.717) is 22.7 Å². The van der Waals surface area contributed by atoms with Gasteiger partial charge in [-0.2, -0.15) is 0 Å². The Balaban J connectivity index is 1.74. The van der Waals surface area contributed by atoms with Crippen LogP contribution in [0.2, 0.25) is 5.15 Å². The van der Waals surface area contributed by atoms with Crippen LogP contribution in [0.3, 0.4) is 0 Å². The van der Waals surface area contributed by atoms with Gasteiger partial charge in [-0.25, -0.2) is 14.6 Å². The molecule has 0 unspecified atom stereocenters. The first kappa shape index (κ1) is 28.2. The molecular formula is C29H33ClN2O5. The highest BCUT2D eigenvalue weighted by Gasteiger charge is 2.28. The molecule has 0 aliphatic rings. The fourth-order valence-electron chi connectivity index (χ4n) is 3.83. The summed E-state index contributed by atoms with van der Waals surface area (Å²) in [5.74, 6) is -0.372. The Bertz CT molecular complexity index is 1190. The Morgan fingerprint density at radius 3 is 2.11 bits per heavy atom. The third-order valence-electron chi connectivity index (χ3n) is 5.79. The maximum atomic E-state index is 13.1. The molecule has 1 N–H and O–H groups in total.